The molecule has 0 heterocycles. The van der Waals surface area contributed by atoms with Crippen molar-refractivity contribution in [2.75, 3.05) is 11.6 Å². The molecule has 0 amide bonds. The Labute approximate surface area is 112 Å². The van der Waals surface area contributed by atoms with Crippen molar-refractivity contribution in [2.24, 2.45) is 0 Å². The van der Waals surface area contributed by atoms with Crippen LogP contribution in [0.4, 0.5) is 5.69 Å². The number of benzene rings is 2. The van der Waals surface area contributed by atoms with Gasteiger partial charge in [0, 0.05) is 17.4 Å². The van der Waals surface area contributed by atoms with Gasteiger partial charge in [-0.15, -0.1) is 0 Å². The SMILES string of the molecule is CS(=O)(=O)c1ccccc1-c1ccccc1NC#N. The fourth-order valence-electron chi connectivity index (χ4n) is 1.90. The lowest BCUT2D eigenvalue weighted by Crippen LogP contribution is -2.01. The van der Waals surface area contributed by atoms with Crippen LogP contribution in [0.3, 0.4) is 0 Å². The van der Waals surface area contributed by atoms with Gasteiger partial charge in [0.25, 0.3) is 0 Å². The Hall–Kier alpha value is -2.32. The average molecular weight is 272 g/mol. The number of anilines is 1. The highest BCUT2D eigenvalue weighted by Gasteiger charge is 2.15. The quantitative estimate of drug-likeness (QED) is 0.689. The third-order valence-electron chi connectivity index (χ3n) is 2.69. The van der Waals surface area contributed by atoms with Crippen LogP contribution < -0.4 is 5.32 Å². The second-order valence-corrected chi connectivity index (χ2v) is 6.03. The Morgan fingerprint density at radius 1 is 1.00 bits per heavy atom. The molecule has 0 aromatic heterocycles. The van der Waals surface area contributed by atoms with Crippen molar-refractivity contribution >= 4 is 15.5 Å². The lowest BCUT2D eigenvalue weighted by Gasteiger charge is -2.11. The average Bonchev–Trinajstić information content (AvgIpc) is 2.39. The van der Waals surface area contributed by atoms with E-state index in [9.17, 15) is 8.42 Å². The molecule has 0 atom stereocenters. The van der Waals surface area contributed by atoms with Gasteiger partial charge in [-0.1, -0.05) is 36.4 Å². The zero-order chi connectivity index (χ0) is 13.9. The van der Waals surface area contributed by atoms with Crippen molar-refractivity contribution in [3.8, 4) is 17.3 Å². The highest BCUT2D eigenvalue weighted by atomic mass is 32.2. The van der Waals surface area contributed by atoms with E-state index in [4.69, 9.17) is 5.26 Å². The molecule has 19 heavy (non-hydrogen) atoms. The molecule has 4 nitrogen and oxygen atoms in total. The van der Waals surface area contributed by atoms with Gasteiger partial charge in [-0.05, 0) is 12.1 Å². The van der Waals surface area contributed by atoms with Gasteiger partial charge in [0.2, 0.25) is 0 Å². The highest BCUT2D eigenvalue weighted by molar-refractivity contribution is 7.90. The van der Waals surface area contributed by atoms with E-state index in [1.165, 1.54) is 6.26 Å². The third-order valence-corrected chi connectivity index (χ3v) is 3.85. The lowest BCUT2D eigenvalue weighted by molar-refractivity contribution is 0.602. The van der Waals surface area contributed by atoms with Crippen LogP contribution in [-0.2, 0) is 9.84 Å². The van der Waals surface area contributed by atoms with Crippen LogP contribution >= 0.6 is 0 Å². The first-order valence-electron chi connectivity index (χ1n) is 5.57. The summed E-state index contributed by atoms with van der Waals surface area (Å²) in [5.74, 6) is 0. The first-order chi connectivity index (χ1) is 9.04. The van der Waals surface area contributed by atoms with Crippen LogP contribution in [-0.4, -0.2) is 14.7 Å². The van der Waals surface area contributed by atoms with Gasteiger partial charge in [0.1, 0.15) is 0 Å². The van der Waals surface area contributed by atoms with Crippen LogP contribution in [0, 0.1) is 11.5 Å². The molecule has 0 aliphatic carbocycles. The van der Waals surface area contributed by atoms with Crippen LogP contribution in [0.2, 0.25) is 0 Å². The summed E-state index contributed by atoms with van der Waals surface area (Å²) in [4.78, 5) is 0.252. The monoisotopic (exact) mass is 272 g/mol. The molecule has 1 N–H and O–H groups in total. The molecule has 0 aliphatic rings. The zero-order valence-corrected chi connectivity index (χ0v) is 11.1. The normalized spacial score (nSPS) is 10.7. The van der Waals surface area contributed by atoms with E-state index in [1.54, 1.807) is 48.5 Å². The van der Waals surface area contributed by atoms with Crippen molar-refractivity contribution in [3.63, 3.8) is 0 Å². The Morgan fingerprint density at radius 3 is 2.21 bits per heavy atom. The summed E-state index contributed by atoms with van der Waals surface area (Å²) in [6.45, 7) is 0. The van der Waals surface area contributed by atoms with E-state index in [-0.39, 0.29) is 4.90 Å². The van der Waals surface area contributed by atoms with Gasteiger partial charge >= 0.3 is 0 Å². The largest absolute Gasteiger partial charge is 0.292 e. The van der Waals surface area contributed by atoms with Crippen LogP contribution in [0.25, 0.3) is 11.1 Å². The molecule has 2 aromatic rings. The lowest BCUT2D eigenvalue weighted by atomic mass is 10.0. The first kappa shape index (κ1) is 13.1. The van der Waals surface area contributed by atoms with E-state index in [2.05, 4.69) is 5.32 Å². The summed E-state index contributed by atoms with van der Waals surface area (Å²) in [7, 11) is -3.32. The van der Waals surface area contributed by atoms with E-state index in [0.717, 1.165) is 0 Å². The second-order valence-electron chi connectivity index (χ2n) is 4.05. The highest BCUT2D eigenvalue weighted by Crippen LogP contribution is 2.32. The minimum Gasteiger partial charge on any atom is -0.292 e. The number of nitrogens with one attached hydrogen (secondary N) is 1. The number of sulfone groups is 1. The molecule has 0 radical (unpaired) electrons. The molecule has 2 aromatic carbocycles. The topological polar surface area (TPSA) is 70.0 Å². The summed E-state index contributed by atoms with van der Waals surface area (Å²) in [5, 5.41) is 11.3. The Morgan fingerprint density at radius 2 is 1.58 bits per heavy atom. The number of rotatable bonds is 3. The predicted molar refractivity (Wildman–Crippen MR) is 74.2 cm³/mol. The smallest absolute Gasteiger partial charge is 0.181 e. The fourth-order valence-corrected chi connectivity index (χ4v) is 2.80. The van der Waals surface area contributed by atoms with E-state index < -0.39 is 9.84 Å². The third kappa shape index (κ3) is 2.75. The van der Waals surface area contributed by atoms with Crippen molar-refractivity contribution in [3.05, 3.63) is 48.5 Å². The standard InChI is InChI=1S/C14H12N2O2S/c1-19(17,18)14-9-5-3-7-12(14)11-6-2-4-8-13(11)16-10-15/h2-9,16H,1H3. The number of para-hydroxylation sites is 1. The molecular formula is C14H12N2O2S. The molecule has 0 spiro atoms. The van der Waals surface area contributed by atoms with Crippen LogP contribution in [0.15, 0.2) is 53.4 Å². The van der Waals surface area contributed by atoms with Crippen LogP contribution in [0.5, 0.6) is 0 Å². The van der Waals surface area contributed by atoms with Gasteiger partial charge in [-0.25, -0.2) is 8.42 Å². The molecule has 96 valence electrons. The Bertz CT molecular complexity index is 746. The zero-order valence-electron chi connectivity index (χ0n) is 10.3. The molecule has 0 saturated carbocycles. The van der Waals surface area contributed by atoms with E-state index in [1.807, 2.05) is 6.19 Å². The van der Waals surface area contributed by atoms with Gasteiger partial charge in [-0.3, -0.25) is 5.32 Å². The molecule has 0 saturated heterocycles. The summed E-state index contributed by atoms with van der Waals surface area (Å²) in [6, 6.07) is 13.8. The molecule has 0 aliphatic heterocycles. The molecule has 0 unspecified atom stereocenters. The number of nitriles is 1. The summed E-state index contributed by atoms with van der Waals surface area (Å²) < 4.78 is 23.6. The van der Waals surface area contributed by atoms with Gasteiger partial charge in [0.15, 0.2) is 16.0 Å². The van der Waals surface area contributed by atoms with Crippen LogP contribution in [0.1, 0.15) is 0 Å². The number of hydrogen-bond acceptors (Lipinski definition) is 4. The minimum atomic E-state index is -3.32. The van der Waals surface area contributed by atoms with Gasteiger partial charge in [-0.2, -0.15) is 5.26 Å². The maximum Gasteiger partial charge on any atom is 0.181 e. The number of hydrogen-bond donors (Lipinski definition) is 1. The minimum absolute atomic E-state index is 0.252. The maximum absolute atomic E-state index is 11.8. The second kappa shape index (κ2) is 5.12. The molecule has 0 fully saturated rings. The van der Waals surface area contributed by atoms with E-state index in [0.29, 0.717) is 16.8 Å². The van der Waals surface area contributed by atoms with E-state index >= 15 is 0 Å². The summed E-state index contributed by atoms with van der Waals surface area (Å²) in [5.41, 5.74) is 1.86. The molecule has 2 rings (SSSR count). The Balaban J connectivity index is 2.71. The summed E-state index contributed by atoms with van der Waals surface area (Å²) >= 11 is 0. The first-order valence-corrected chi connectivity index (χ1v) is 7.47. The van der Waals surface area contributed by atoms with Crippen molar-refractivity contribution in [2.45, 2.75) is 4.90 Å². The van der Waals surface area contributed by atoms with Gasteiger partial charge in [0.05, 0.1) is 10.6 Å². The summed E-state index contributed by atoms with van der Waals surface area (Å²) in [6.07, 6.45) is 3.03. The molecular weight excluding hydrogens is 260 g/mol. The number of nitrogens with zero attached hydrogens (tertiary/aromatic N) is 1. The Kier molecular flexibility index (Phi) is 3.54. The predicted octanol–water partition coefficient (Wildman–Crippen LogP) is 2.65. The maximum atomic E-state index is 11.8. The fraction of sp³-hybridized carbons (Fsp3) is 0.0714. The van der Waals surface area contributed by atoms with Gasteiger partial charge < -0.3 is 0 Å². The molecule has 5 heteroatoms. The molecule has 0 bridgehead atoms. The van der Waals surface area contributed by atoms with Crippen molar-refractivity contribution in [1.82, 2.24) is 0 Å². The van der Waals surface area contributed by atoms with Crippen molar-refractivity contribution < 1.29 is 8.42 Å². The van der Waals surface area contributed by atoms with Crippen molar-refractivity contribution in [1.29, 1.82) is 5.26 Å².